The van der Waals surface area contributed by atoms with Gasteiger partial charge in [-0.2, -0.15) is 0 Å². The van der Waals surface area contributed by atoms with Crippen LogP contribution in [-0.2, 0) is 0 Å². The minimum absolute atomic E-state index is 0.546. The predicted molar refractivity (Wildman–Crippen MR) is 45.0 cm³/mol. The van der Waals surface area contributed by atoms with Crippen LogP contribution >= 0.6 is 0 Å². The van der Waals surface area contributed by atoms with Gasteiger partial charge in [-0.15, -0.1) is 0 Å². The summed E-state index contributed by atoms with van der Waals surface area (Å²) in [6, 6.07) is 9.61. The Morgan fingerprint density at radius 1 is 1.27 bits per heavy atom. The van der Waals surface area contributed by atoms with Crippen molar-refractivity contribution in [3.63, 3.8) is 0 Å². The summed E-state index contributed by atoms with van der Waals surface area (Å²) in [6.45, 7) is 1.65. The van der Waals surface area contributed by atoms with E-state index in [4.69, 9.17) is 5.11 Å². The van der Waals surface area contributed by atoms with E-state index in [1.54, 1.807) is 6.92 Å². The Hall–Kier alpha value is -1.26. The molecule has 0 aliphatic heterocycles. The van der Waals surface area contributed by atoms with Crippen LogP contribution in [0.1, 0.15) is 12.5 Å². The van der Waals surface area contributed by atoms with Crippen LogP contribution in [0.15, 0.2) is 30.3 Å². The molecule has 11 heavy (non-hydrogen) atoms. The van der Waals surface area contributed by atoms with E-state index in [1.165, 1.54) is 0 Å². The second-order valence-corrected chi connectivity index (χ2v) is 2.31. The quantitative estimate of drug-likeness (QED) is 0.549. The van der Waals surface area contributed by atoms with Gasteiger partial charge in [0, 0.05) is 5.56 Å². The normalized spacial score (nSPS) is 11.5. The zero-order valence-corrected chi connectivity index (χ0v) is 6.41. The molecule has 0 spiro atoms. The smallest absolute Gasteiger partial charge is 0.112 e. The first-order valence-corrected chi connectivity index (χ1v) is 3.53. The second kappa shape index (κ2) is 3.80. The molecular formula is C10H10O. The SMILES string of the molecule is CC(O)C#Cc1ccccc1. The average molecular weight is 146 g/mol. The summed E-state index contributed by atoms with van der Waals surface area (Å²) in [5, 5.41) is 8.84. The summed E-state index contributed by atoms with van der Waals surface area (Å²) >= 11 is 0. The number of benzene rings is 1. The van der Waals surface area contributed by atoms with Gasteiger partial charge in [-0.1, -0.05) is 30.0 Å². The molecule has 0 aliphatic rings. The summed E-state index contributed by atoms with van der Waals surface area (Å²) in [5.74, 6) is 5.51. The number of aliphatic hydroxyl groups excluding tert-OH is 1. The number of aliphatic hydroxyl groups is 1. The van der Waals surface area contributed by atoms with E-state index in [0.29, 0.717) is 0 Å². The minimum atomic E-state index is -0.546. The third-order valence-corrected chi connectivity index (χ3v) is 1.20. The molecule has 1 aromatic rings. The summed E-state index contributed by atoms with van der Waals surface area (Å²) in [5.41, 5.74) is 0.938. The van der Waals surface area contributed by atoms with E-state index in [-0.39, 0.29) is 0 Å². The van der Waals surface area contributed by atoms with Crippen molar-refractivity contribution in [3.8, 4) is 11.8 Å². The van der Waals surface area contributed by atoms with Gasteiger partial charge in [0.25, 0.3) is 0 Å². The lowest BCUT2D eigenvalue weighted by Gasteiger charge is -1.88. The molecule has 0 amide bonds. The molecule has 0 saturated carbocycles. The van der Waals surface area contributed by atoms with Crippen molar-refractivity contribution in [1.29, 1.82) is 0 Å². The van der Waals surface area contributed by atoms with Gasteiger partial charge in [0.1, 0.15) is 6.10 Å². The number of rotatable bonds is 0. The maximum Gasteiger partial charge on any atom is 0.112 e. The van der Waals surface area contributed by atoms with Crippen LogP contribution in [0.4, 0.5) is 0 Å². The molecule has 56 valence electrons. The molecule has 1 rings (SSSR count). The van der Waals surface area contributed by atoms with E-state index in [1.807, 2.05) is 30.3 Å². The summed E-state index contributed by atoms with van der Waals surface area (Å²) < 4.78 is 0. The van der Waals surface area contributed by atoms with Gasteiger partial charge in [0.2, 0.25) is 0 Å². The first-order chi connectivity index (χ1) is 5.29. The highest BCUT2D eigenvalue weighted by molar-refractivity contribution is 5.34. The Morgan fingerprint density at radius 3 is 2.45 bits per heavy atom. The van der Waals surface area contributed by atoms with Crippen LogP contribution in [-0.4, -0.2) is 11.2 Å². The van der Waals surface area contributed by atoms with Gasteiger partial charge in [-0.25, -0.2) is 0 Å². The van der Waals surface area contributed by atoms with Gasteiger partial charge in [0.15, 0.2) is 0 Å². The predicted octanol–water partition coefficient (Wildman–Crippen LogP) is 1.42. The van der Waals surface area contributed by atoms with Crippen molar-refractivity contribution >= 4 is 0 Å². The van der Waals surface area contributed by atoms with Crippen LogP contribution < -0.4 is 0 Å². The van der Waals surface area contributed by atoms with Crippen molar-refractivity contribution in [2.45, 2.75) is 13.0 Å². The minimum Gasteiger partial charge on any atom is -0.381 e. The molecule has 1 heteroatoms. The Balaban J connectivity index is 2.75. The molecule has 0 heterocycles. The van der Waals surface area contributed by atoms with E-state index in [9.17, 15) is 0 Å². The molecule has 0 aromatic heterocycles. The zero-order chi connectivity index (χ0) is 8.10. The van der Waals surface area contributed by atoms with Gasteiger partial charge in [-0.05, 0) is 19.1 Å². The van der Waals surface area contributed by atoms with Gasteiger partial charge < -0.3 is 5.11 Å². The van der Waals surface area contributed by atoms with Crippen molar-refractivity contribution in [3.05, 3.63) is 35.9 Å². The monoisotopic (exact) mass is 146 g/mol. The molecule has 0 saturated heterocycles. The molecule has 1 unspecified atom stereocenters. The van der Waals surface area contributed by atoms with Crippen molar-refractivity contribution < 1.29 is 5.11 Å². The lowest BCUT2D eigenvalue weighted by Crippen LogP contribution is -1.92. The topological polar surface area (TPSA) is 20.2 Å². The fourth-order valence-corrected chi connectivity index (χ4v) is 0.709. The molecule has 1 atom stereocenters. The molecule has 0 radical (unpaired) electrons. The molecular weight excluding hydrogens is 136 g/mol. The molecule has 1 N–H and O–H groups in total. The van der Waals surface area contributed by atoms with Crippen LogP contribution in [0, 0.1) is 11.8 Å². The summed E-state index contributed by atoms with van der Waals surface area (Å²) in [7, 11) is 0. The average Bonchev–Trinajstić information content (AvgIpc) is 2.03. The fourth-order valence-electron chi connectivity index (χ4n) is 0.709. The molecule has 0 fully saturated rings. The zero-order valence-electron chi connectivity index (χ0n) is 6.41. The maximum atomic E-state index is 8.84. The van der Waals surface area contributed by atoms with E-state index in [0.717, 1.165) is 5.56 Å². The first-order valence-electron chi connectivity index (χ1n) is 3.53. The van der Waals surface area contributed by atoms with E-state index >= 15 is 0 Å². The number of hydrogen-bond donors (Lipinski definition) is 1. The van der Waals surface area contributed by atoms with Crippen LogP contribution in [0.25, 0.3) is 0 Å². The lowest BCUT2D eigenvalue weighted by atomic mass is 10.2. The Kier molecular flexibility index (Phi) is 2.71. The summed E-state index contributed by atoms with van der Waals surface area (Å²) in [6.07, 6.45) is -0.546. The van der Waals surface area contributed by atoms with Gasteiger partial charge in [-0.3, -0.25) is 0 Å². The Labute approximate surface area is 66.7 Å². The highest BCUT2D eigenvalue weighted by Crippen LogP contribution is 1.94. The molecule has 1 nitrogen and oxygen atoms in total. The largest absolute Gasteiger partial charge is 0.381 e. The van der Waals surface area contributed by atoms with E-state index in [2.05, 4.69) is 11.8 Å². The van der Waals surface area contributed by atoms with Crippen molar-refractivity contribution in [2.24, 2.45) is 0 Å². The lowest BCUT2D eigenvalue weighted by molar-refractivity contribution is 0.253. The summed E-state index contributed by atoms with van der Waals surface area (Å²) in [4.78, 5) is 0. The standard InChI is InChI=1S/C10H10O/c1-9(11)7-8-10-5-3-2-4-6-10/h2-6,9,11H,1H3. The number of hydrogen-bond acceptors (Lipinski definition) is 1. The highest BCUT2D eigenvalue weighted by Gasteiger charge is 1.84. The fraction of sp³-hybridized carbons (Fsp3) is 0.200. The van der Waals surface area contributed by atoms with Crippen molar-refractivity contribution in [1.82, 2.24) is 0 Å². The van der Waals surface area contributed by atoms with E-state index < -0.39 is 6.10 Å². The van der Waals surface area contributed by atoms with Crippen molar-refractivity contribution in [2.75, 3.05) is 0 Å². The van der Waals surface area contributed by atoms with Crippen LogP contribution in [0.5, 0.6) is 0 Å². The third-order valence-electron chi connectivity index (χ3n) is 1.20. The first kappa shape index (κ1) is 7.84. The molecule has 0 bridgehead atoms. The van der Waals surface area contributed by atoms with Gasteiger partial charge in [0.05, 0.1) is 0 Å². The van der Waals surface area contributed by atoms with Crippen LogP contribution in [0.3, 0.4) is 0 Å². The highest BCUT2D eigenvalue weighted by atomic mass is 16.3. The maximum absolute atomic E-state index is 8.84. The Morgan fingerprint density at radius 2 is 1.91 bits per heavy atom. The second-order valence-electron chi connectivity index (χ2n) is 2.31. The van der Waals surface area contributed by atoms with Crippen LogP contribution in [0.2, 0.25) is 0 Å². The molecule has 0 aliphatic carbocycles. The third kappa shape index (κ3) is 2.88. The molecule has 1 aromatic carbocycles. The van der Waals surface area contributed by atoms with Gasteiger partial charge >= 0.3 is 0 Å². The Bertz CT molecular complexity index is 264.